The van der Waals surface area contributed by atoms with Crippen LogP contribution in [0, 0.1) is 18.6 Å². The van der Waals surface area contributed by atoms with E-state index in [9.17, 15) is 23.5 Å². The number of nitrogens with zero attached hydrogens (tertiary/aromatic N) is 1. The number of aliphatic hydroxyl groups excluding tert-OH is 1. The van der Waals surface area contributed by atoms with Crippen molar-refractivity contribution < 1.29 is 18.7 Å². The van der Waals surface area contributed by atoms with Crippen molar-refractivity contribution in [3.8, 4) is 5.69 Å². The van der Waals surface area contributed by atoms with Gasteiger partial charge in [0.25, 0.3) is 11.5 Å². The van der Waals surface area contributed by atoms with Crippen LogP contribution in [0.4, 0.5) is 14.5 Å². The minimum atomic E-state index is -0.728. The molecule has 3 aromatic rings. The third-order valence-electron chi connectivity index (χ3n) is 4.12. The molecule has 0 unspecified atom stereocenters. The lowest BCUT2D eigenvalue weighted by Gasteiger charge is -2.13. The number of rotatable bonds is 4. The average molecular weight is 370 g/mol. The number of benzene rings is 2. The van der Waals surface area contributed by atoms with E-state index in [2.05, 4.69) is 5.32 Å². The molecule has 0 aliphatic carbocycles. The van der Waals surface area contributed by atoms with Gasteiger partial charge in [0.2, 0.25) is 0 Å². The summed E-state index contributed by atoms with van der Waals surface area (Å²) in [6.45, 7) is 1.20. The highest BCUT2D eigenvalue weighted by Gasteiger charge is 2.18. The fourth-order valence-electron chi connectivity index (χ4n) is 2.70. The van der Waals surface area contributed by atoms with Crippen LogP contribution in [-0.4, -0.2) is 15.6 Å². The summed E-state index contributed by atoms with van der Waals surface area (Å²) in [7, 11) is 0. The molecule has 1 heterocycles. The second kappa shape index (κ2) is 7.51. The van der Waals surface area contributed by atoms with Crippen LogP contribution < -0.4 is 10.9 Å². The molecular weight excluding hydrogens is 354 g/mol. The number of hydrogen-bond donors (Lipinski definition) is 2. The molecule has 0 aliphatic heterocycles. The fourth-order valence-corrected chi connectivity index (χ4v) is 2.70. The zero-order chi connectivity index (χ0) is 19.6. The predicted molar refractivity (Wildman–Crippen MR) is 97.0 cm³/mol. The smallest absolute Gasteiger partial charge is 0.268 e. The van der Waals surface area contributed by atoms with E-state index in [1.54, 1.807) is 13.0 Å². The third kappa shape index (κ3) is 3.78. The van der Waals surface area contributed by atoms with Gasteiger partial charge >= 0.3 is 0 Å². The normalized spacial score (nSPS) is 10.7. The highest BCUT2D eigenvalue weighted by Crippen LogP contribution is 2.19. The average Bonchev–Trinajstić information content (AvgIpc) is 2.63. The molecule has 0 spiro atoms. The van der Waals surface area contributed by atoms with Crippen molar-refractivity contribution in [3.63, 3.8) is 0 Å². The highest BCUT2D eigenvalue weighted by molar-refractivity contribution is 6.05. The van der Waals surface area contributed by atoms with Crippen molar-refractivity contribution in [2.75, 3.05) is 5.32 Å². The summed E-state index contributed by atoms with van der Waals surface area (Å²) < 4.78 is 27.8. The van der Waals surface area contributed by atoms with Gasteiger partial charge in [-0.25, -0.2) is 8.78 Å². The van der Waals surface area contributed by atoms with E-state index in [0.717, 1.165) is 12.1 Å². The number of pyridine rings is 1. The molecule has 1 amide bonds. The molecule has 0 radical (unpaired) electrons. The summed E-state index contributed by atoms with van der Waals surface area (Å²) in [6, 6.07) is 10.4. The Kier molecular flexibility index (Phi) is 5.14. The molecule has 0 bridgehead atoms. The number of aryl methyl sites for hydroxylation is 1. The Morgan fingerprint density at radius 3 is 2.41 bits per heavy atom. The van der Waals surface area contributed by atoms with Crippen LogP contribution in [0.15, 0.2) is 59.5 Å². The maximum absolute atomic E-state index is 13.5. The van der Waals surface area contributed by atoms with Crippen molar-refractivity contribution in [2.24, 2.45) is 0 Å². The lowest BCUT2D eigenvalue weighted by Crippen LogP contribution is -2.29. The number of nitrogens with one attached hydrogen (secondary N) is 1. The largest absolute Gasteiger partial charge is 0.392 e. The second-order valence-corrected chi connectivity index (χ2v) is 5.94. The molecule has 0 atom stereocenters. The van der Waals surface area contributed by atoms with Gasteiger partial charge < -0.3 is 10.4 Å². The zero-order valence-corrected chi connectivity index (χ0v) is 14.4. The molecule has 5 nitrogen and oxygen atoms in total. The van der Waals surface area contributed by atoms with Gasteiger partial charge in [-0.05, 0) is 55.0 Å². The molecule has 0 saturated carbocycles. The Labute approximate surface area is 153 Å². The number of aliphatic hydroxyl groups is 1. The van der Waals surface area contributed by atoms with Crippen molar-refractivity contribution in [3.05, 3.63) is 93.4 Å². The standard InChI is InChI=1S/C20H16F2N2O3/c1-12-8-9-24(16-6-4-14(21)5-7-16)20(27)18(12)19(26)23-17-10-15(22)3-2-13(17)11-25/h2-10,25H,11H2,1H3,(H,23,26). The van der Waals surface area contributed by atoms with Gasteiger partial charge in [0, 0.05) is 23.1 Å². The SMILES string of the molecule is Cc1ccn(-c2ccc(F)cc2)c(=O)c1C(=O)Nc1cc(F)ccc1CO. The maximum Gasteiger partial charge on any atom is 0.268 e. The molecule has 0 fully saturated rings. The van der Waals surface area contributed by atoms with E-state index < -0.39 is 29.7 Å². The van der Waals surface area contributed by atoms with Crippen LogP contribution in [0.3, 0.4) is 0 Å². The van der Waals surface area contributed by atoms with E-state index >= 15 is 0 Å². The molecule has 7 heteroatoms. The van der Waals surface area contributed by atoms with Gasteiger partial charge in [-0.2, -0.15) is 0 Å². The van der Waals surface area contributed by atoms with Crippen molar-refractivity contribution in [1.82, 2.24) is 4.57 Å². The second-order valence-electron chi connectivity index (χ2n) is 5.94. The molecule has 0 aliphatic rings. The Balaban J connectivity index is 2.03. The number of aromatic nitrogens is 1. The first kappa shape index (κ1) is 18.5. The molecule has 27 heavy (non-hydrogen) atoms. The van der Waals surface area contributed by atoms with Crippen LogP contribution >= 0.6 is 0 Å². The Bertz CT molecular complexity index is 1060. The van der Waals surface area contributed by atoms with Crippen LogP contribution in [0.1, 0.15) is 21.5 Å². The van der Waals surface area contributed by atoms with Crippen molar-refractivity contribution in [1.29, 1.82) is 0 Å². The minimum absolute atomic E-state index is 0.0819. The summed E-state index contributed by atoms with van der Waals surface area (Å²) in [4.78, 5) is 25.5. The van der Waals surface area contributed by atoms with Crippen LogP contribution in [0.5, 0.6) is 0 Å². The number of hydrogen-bond acceptors (Lipinski definition) is 3. The van der Waals surface area contributed by atoms with E-state index in [0.29, 0.717) is 16.8 Å². The zero-order valence-electron chi connectivity index (χ0n) is 14.4. The van der Waals surface area contributed by atoms with Gasteiger partial charge in [0.15, 0.2) is 0 Å². The molecule has 138 valence electrons. The lowest BCUT2D eigenvalue weighted by molar-refractivity contribution is 0.102. The molecule has 2 aromatic carbocycles. The van der Waals surface area contributed by atoms with Crippen molar-refractivity contribution >= 4 is 11.6 Å². The van der Waals surface area contributed by atoms with Crippen LogP contribution in [0.2, 0.25) is 0 Å². The Hall–Kier alpha value is -3.32. The Morgan fingerprint density at radius 1 is 1.07 bits per heavy atom. The van der Waals surface area contributed by atoms with Crippen LogP contribution in [0.25, 0.3) is 5.69 Å². The number of anilines is 1. The molecular formula is C20H16F2N2O3. The lowest BCUT2D eigenvalue weighted by atomic mass is 10.1. The topological polar surface area (TPSA) is 71.3 Å². The third-order valence-corrected chi connectivity index (χ3v) is 4.12. The van der Waals surface area contributed by atoms with Gasteiger partial charge in [-0.3, -0.25) is 14.2 Å². The van der Waals surface area contributed by atoms with Gasteiger partial charge in [-0.15, -0.1) is 0 Å². The monoisotopic (exact) mass is 370 g/mol. The summed E-state index contributed by atoms with van der Waals surface area (Å²) >= 11 is 0. The van der Waals surface area contributed by atoms with Gasteiger partial charge in [0.1, 0.15) is 17.2 Å². The quantitative estimate of drug-likeness (QED) is 0.741. The number of amides is 1. The number of halogens is 2. The summed E-state index contributed by atoms with van der Waals surface area (Å²) in [5, 5.41) is 11.8. The summed E-state index contributed by atoms with van der Waals surface area (Å²) in [5.74, 6) is -1.76. The van der Waals surface area contributed by atoms with E-state index in [1.807, 2.05) is 0 Å². The summed E-state index contributed by atoms with van der Waals surface area (Å²) in [5.41, 5.74) is 0.502. The molecule has 1 aromatic heterocycles. The summed E-state index contributed by atoms with van der Waals surface area (Å²) in [6.07, 6.45) is 1.49. The van der Waals surface area contributed by atoms with E-state index in [-0.39, 0.29) is 11.3 Å². The van der Waals surface area contributed by atoms with E-state index in [4.69, 9.17) is 0 Å². The fraction of sp³-hybridized carbons (Fsp3) is 0.100. The van der Waals surface area contributed by atoms with Gasteiger partial charge in [-0.1, -0.05) is 6.07 Å². The van der Waals surface area contributed by atoms with E-state index in [1.165, 1.54) is 41.1 Å². The predicted octanol–water partition coefficient (Wildman–Crippen LogP) is 3.17. The number of carbonyl (C=O) groups is 1. The first-order valence-electron chi connectivity index (χ1n) is 8.09. The van der Waals surface area contributed by atoms with Crippen LogP contribution in [-0.2, 0) is 6.61 Å². The minimum Gasteiger partial charge on any atom is -0.392 e. The highest BCUT2D eigenvalue weighted by atomic mass is 19.1. The molecule has 0 saturated heterocycles. The van der Waals surface area contributed by atoms with Crippen molar-refractivity contribution in [2.45, 2.75) is 13.5 Å². The first-order valence-corrected chi connectivity index (χ1v) is 8.09. The first-order chi connectivity index (χ1) is 12.9. The molecule has 2 N–H and O–H groups in total. The molecule has 3 rings (SSSR count). The number of carbonyl (C=O) groups excluding carboxylic acids is 1. The Morgan fingerprint density at radius 2 is 1.74 bits per heavy atom. The maximum atomic E-state index is 13.5. The van der Waals surface area contributed by atoms with Gasteiger partial charge in [0.05, 0.1) is 6.61 Å².